The molecule has 1 aromatic rings. The Kier molecular flexibility index (Phi) is 4.28. The molecule has 0 amide bonds. The Morgan fingerprint density at radius 1 is 1.47 bits per heavy atom. The van der Waals surface area contributed by atoms with Gasteiger partial charge in [-0.2, -0.15) is 0 Å². The van der Waals surface area contributed by atoms with Gasteiger partial charge >= 0.3 is 5.97 Å². The van der Waals surface area contributed by atoms with E-state index in [9.17, 15) is 9.18 Å². The zero-order valence-corrected chi connectivity index (χ0v) is 9.57. The Morgan fingerprint density at radius 3 is 2.59 bits per heavy atom. The van der Waals surface area contributed by atoms with E-state index < -0.39 is 17.8 Å². The molecule has 1 atom stereocenters. The molecule has 0 radical (unpaired) electrons. The second-order valence-electron chi connectivity index (χ2n) is 3.44. The zero-order valence-electron chi connectivity index (χ0n) is 9.57. The molecule has 17 heavy (non-hydrogen) atoms. The highest BCUT2D eigenvalue weighted by Crippen LogP contribution is 2.28. The van der Waals surface area contributed by atoms with Crippen LogP contribution in [0.5, 0.6) is 11.5 Å². The molecule has 1 aromatic carbocycles. The van der Waals surface area contributed by atoms with Crippen LogP contribution in [0.4, 0.5) is 4.39 Å². The molecule has 0 saturated carbocycles. The summed E-state index contributed by atoms with van der Waals surface area (Å²) in [4.78, 5) is 10.6. The van der Waals surface area contributed by atoms with Crippen LogP contribution in [0.3, 0.4) is 0 Å². The summed E-state index contributed by atoms with van der Waals surface area (Å²) < 4.78 is 23.6. The lowest BCUT2D eigenvalue weighted by molar-refractivity contribution is -0.138. The van der Waals surface area contributed by atoms with Crippen molar-refractivity contribution in [2.75, 3.05) is 14.2 Å². The summed E-state index contributed by atoms with van der Waals surface area (Å²) in [6, 6.07) is 1.46. The van der Waals surface area contributed by atoms with Gasteiger partial charge in [0.1, 0.15) is 23.4 Å². The number of carbonyl (C=O) groups is 1. The SMILES string of the molecule is COc1cc(F)c(CC(N)C(=O)O)c(OC)c1. The van der Waals surface area contributed by atoms with Crippen LogP contribution in [0.1, 0.15) is 5.56 Å². The van der Waals surface area contributed by atoms with Crippen molar-refractivity contribution >= 4 is 5.97 Å². The van der Waals surface area contributed by atoms with E-state index in [2.05, 4.69) is 0 Å². The first-order chi connectivity index (χ1) is 7.99. The van der Waals surface area contributed by atoms with E-state index in [1.807, 2.05) is 0 Å². The van der Waals surface area contributed by atoms with Gasteiger partial charge in [-0.15, -0.1) is 0 Å². The van der Waals surface area contributed by atoms with Gasteiger partial charge in [0.2, 0.25) is 0 Å². The summed E-state index contributed by atoms with van der Waals surface area (Å²) in [7, 11) is 2.76. The summed E-state index contributed by atoms with van der Waals surface area (Å²) in [6.07, 6.45) is -0.145. The molecule has 0 saturated heterocycles. The van der Waals surface area contributed by atoms with E-state index in [0.717, 1.165) is 6.07 Å². The average molecular weight is 243 g/mol. The van der Waals surface area contributed by atoms with Crippen LogP contribution in [-0.4, -0.2) is 31.3 Å². The van der Waals surface area contributed by atoms with Gasteiger partial charge < -0.3 is 20.3 Å². The van der Waals surface area contributed by atoms with E-state index in [0.29, 0.717) is 5.75 Å². The molecule has 5 nitrogen and oxygen atoms in total. The molecule has 1 rings (SSSR count). The number of carboxylic acids is 1. The Morgan fingerprint density at radius 2 is 2.12 bits per heavy atom. The van der Waals surface area contributed by atoms with Crippen molar-refractivity contribution in [2.45, 2.75) is 12.5 Å². The molecule has 0 heterocycles. The van der Waals surface area contributed by atoms with Gasteiger partial charge in [-0.05, 0) is 0 Å². The lowest BCUT2D eigenvalue weighted by atomic mass is 10.0. The Bertz CT molecular complexity index is 422. The topological polar surface area (TPSA) is 81.8 Å². The second kappa shape index (κ2) is 5.49. The number of benzene rings is 1. The number of rotatable bonds is 5. The number of halogens is 1. The maximum atomic E-state index is 13.7. The molecule has 0 aliphatic carbocycles. The van der Waals surface area contributed by atoms with E-state index in [1.54, 1.807) is 0 Å². The number of aliphatic carboxylic acids is 1. The quantitative estimate of drug-likeness (QED) is 0.799. The van der Waals surface area contributed by atoms with E-state index in [4.69, 9.17) is 20.3 Å². The van der Waals surface area contributed by atoms with E-state index in [-0.39, 0.29) is 17.7 Å². The zero-order chi connectivity index (χ0) is 13.0. The van der Waals surface area contributed by atoms with Crippen LogP contribution in [0, 0.1) is 5.82 Å². The summed E-state index contributed by atoms with van der Waals surface area (Å²) in [5.74, 6) is -1.27. The van der Waals surface area contributed by atoms with Crippen molar-refractivity contribution in [1.82, 2.24) is 0 Å². The summed E-state index contributed by atoms with van der Waals surface area (Å²) in [6.45, 7) is 0. The minimum absolute atomic E-state index is 0.128. The normalized spacial score (nSPS) is 12.0. The minimum atomic E-state index is -1.19. The Labute approximate surface area is 97.9 Å². The van der Waals surface area contributed by atoms with E-state index >= 15 is 0 Å². The van der Waals surface area contributed by atoms with Gasteiger partial charge in [-0.1, -0.05) is 0 Å². The van der Waals surface area contributed by atoms with Gasteiger partial charge in [0.15, 0.2) is 0 Å². The third-order valence-electron chi connectivity index (χ3n) is 2.32. The smallest absolute Gasteiger partial charge is 0.320 e. The molecule has 0 bridgehead atoms. The van der Waals surface area contributed by atoms with Crippen molar-refractivity contribution in [3.05, 3.63) is 23.5 Å². The van der Waals surface area contributed by atoms with Crippen LogP contribution in [0.2, 0.25) is 0 Å². The molecule has 0 aromatic heterocycles. The fourth-order valence-corrected chi connectivity index (χ4v) is 1.39. The molecule has 94 valence electrons. The van der Waals surface area contributed by atoms with Crippen molar-refractivity contribution in [3.8, 4) is 11.5 Å². The lowest BCUT2D eigenvalue weighted by Gasteiger charge is -2.13. The molecular formula is C11H14FNO4. The average Bonchev–Trinajstić information content (AvgIpc) is 2.30. The number of methoxy groups -OCH3 is 2. The van der Waals surface area contributed by atoms with Crippen LogP contribution in [-0.2, 0) is 11.2 Å². The van der Waals surface area contributed by atoms with Crippen LogP contribution in [0.15, 0.2) is 12.1 Å². The van der Waals surface area contributed by atoms with E-state index in [1.165, 1.54) is 20.3 Å². The molecule has 6 heteroatoms. The predicted molar refractivity (Wildman–Crippen MR) is 58.8 cm³/mol. The molecule has 0 aliphatic heterocycles. The fraction of sp³-hybridized carbons (Fsp3) is 0.364. The Balaban J connectivity index is 3.09. The molecule has 0 fully saturated rings. The van der Waals surface area contributed by atoms with Crippen molar-refractivity contribution in [2.24, 2.45) is 5.73 Å². The number of hydrogen-bond donors (Lipinski definition) is 2. The van der Waals surface area contributed by atoms with Crippen LogP contribution >= 0.6 is 0 Å². The second-order valence-corrected chi connectivity index (χ2v) is 3.44. The van der Waals surface area contributed by atoms with Crippen molar-refractivity contribution < 1.29 is 23.8 Å². The van der Waals surface area contributed by atoms with Crippen molar-refractivity contribution in [1.29, 1.82) is 0 Å². The first-order valence-corrected chi connectivity index (χ1v) is 4.88. The summed E-state index contributed by atoms with van der Waals surface area (Å²) in [5, 5.41) is 8.69. The van der Waals surface area contributed by atoms with Gasteiger partial charge in [0, 0.05) is 24.1 Å². The minimum Gasteiger partial charge on any atom is -0.497 e. The number of ether oxygens (including phenoxy) is 2. The highest BCUT2D eigenvalue weighted by molar-refractivity contribution is 5.73. The first kappa shape index (κ1) is 13.2. The van der Waals surface area contributed by atoms with Crippen LogP contribution in [0.25, 0.3) is 0 Å². The van der Waals surface area contributed by atoms with Crippen molar-refractivity contribution in [3.63, 3.8) is 0 Å². The molecule has 0 spiro atoms. The number of carboxylic acid groups (broad SMARTS) is 1. The van der Waals surface area contributed by atoms with Gasteiger partial charge in [0.25, 0.3) is 0 Å². The highest BCUT2D eigenvalue weighted by Gasteiger charge is 2.19. The molecular weight excluding hydrogens is 229 g/mol. The Hall–Kier alpha value is -1.82. The highest BCUT2D eigenvalue weighted by atomic mass is 19.1. The van der Waals surface area contributed by atoms with Gasteiger partial charge in [-0.25, -0.2) is 4.39 Å². The maximum Gasteiger partial charge on any atom is 0.320 e. The first-order valence-electron chi connectivity index (χ1n) is 4.88. The largest absolute Gasteiger partial charge is 0.497 e. The summed E-state index contributed by atoms with van der Waals surface area (Å²) >= 11 is 0. The van der Waals surface area contributed by atoms with Crippen LogP contribution < -0.4 is 15.2 Å². The summed E-state index contributed by atoms with van der Waals surface area (Å²) in [5.41, 5.74) is 5.49. The third-order valence-corrected chi connectivity index (χ3v) is 2.32. The van der Waals surface area contributed by atoms with Gasteiger partial charge in [0.05, 0.1) is 14.2 Å². The number of nitrogens with two attached hydrogens (primary N) is 1. The monoisotopic (exact) mass is 243 g/mol. The fourth-order valence-electron chi connectivity index (χ4n) is 1.39. The molecule has 1 unspecified atom stereocenters. The third kappa shape index (κ3) is 3.07. The standard InChI is InChI=1S/C11H14FNO4/c1-16-6-3-8(12)7(10(4-6)17-2)5-9(13)11(14)15/h3-4,9H,5,13H2,1-2H3,(H,14,15). The van der Waals surface area contributed by atoms with Gasteiger partial charge in [-0.3, -0.25) is 4.79 Å². The predicted octanol–water partition coefficient (Wildman–Crippen LogP) is 0.797. The molecule has 3 N–H and O–H groups in total. The maximum absolute atomic E-state index is 13.7. The number of hydrogen-bond acceptors (Lipinski definition) is 4. The molecule has 0 aliphatic rings. The lowest BCUT2D eigenvalue weighted by Crippen LogP contribution is -2.32.